The third-order valence-corrected chi connectivity index (χ3v) is 11.5. The number of hydrogen-bond acceptors (Lipinski definition) is 16. The number of fused-ring (bicyclic) bond motifs is 2. The Kier molecular flexibility index (Phi) is 9.45. The second-order valence-electron chi connectivity index (χ2n) is 13.1. The molecule has 0 aliphatic carbocycles. The molecule has 10 heterocycles. The lowest BCUT2D eigenvalue weighted by atomic mass is 10.1. The number of hydrogen-bond donors (Lipinski definition) is 4. The van der Waals surface area contributed by atoms with Crippen LogP contribution in [-0.4, -0.2) is 109 Å². The molecule has 0 fully saturated rings. The largest absolute Gasteiger partial charge is 0.309 e. The molecule has 22 heteroatoms. The van der Waals surface area contributed by atoms with E-state index in [2.05, 4.69) is 60.7 Å². The first-order chi connectivity index (χ1) is 28.4. The number of amides is 2. The van der Waals surface area contributed by atoms with Crippen LogP contribution in [-0.2, 0) is 9.59 Å². The standard InChI is InChI=1S/2C18H17N9OS/c2*1-3-12-18(28)26(2)13-9-20-15(24-16(13)27(12)10-6-21-22-7-10)11-8-23-25-14(11)17-19-4-5-29-17/h2*4-9,12H,3H2,1-2H3,(H,21,22)(H,23,25)/t2*12-/m10/s1. The minimum absolute atomic E-state index is 0.00987. The molecule has 58 heavy (non-hydrogen) atoms. The lowest BCUT2D eigenvalue weighted by Gasteiger charge is -2.39. The van der Waals surface area contributed by atoms with E-state index in [0.29, 0.717) is 47.5 Å². The normalized spacial score (nSPS) is 16.3. The first-order valence-electron chi connectivity index (χ1n) is 18.1. The lowest BCUT2D eigenvalue weighted by Crippen LogP contribution is -2.50. The van der Waals surface area contributed by atoms with Crippen molar-refractivity contribution in [3.63, 3.8) is 0 Å². The maximum absolute atomic E-state index is 12.9. The van der Waals surface area contributed by atoms with Gasteiger partial charge < -0.3 is 19.6 Å². The summed E-state index contributed by atoms with van der Waals surface area (Å²) in [6.07, 6.45) is 18.4. The van der Waals surface area contributed by atoms with Gasteiger partial charge in [-0.05, 0) is 12.8 Å². The van der Waals surface area contributed by atoms with Crippen molar-refractivity contribution in [2.45, 2.75) is 38.8 Å². The number of thiazole rings is 2. The molecule has 0 bridgehead atoms. The predicted octanol–water partition coefficient (Wildman–Crippen LogP) is 5.21. The second kappa shape index (κ2) is 15.0. The monoisotopic (exact) mass is 814 g/mol. The third kappa shape index (κ3) is 6.14. The number of likely N-dealkylation sites (N-methyl/N-ethyl adjacent to an activating group) is 2. The molecule has 2 aliphatic heterocycles. The van der Waals surface area contributed by atoms with Gasteiger partial charge in [0.05, 0.1) is 59.7 Å². The number of carbonyl (C=O) groups is 2. The van der Waals surface area contributed by atoms with Crippen molar-refractivity contribution >= 4 is 68.9 Å². The minimum atomic E-state index is -0.379. The van der Waals surface area contributed by atoms with Crippen molar-refractivity contribution in [1.82, 2.24) is 70.7 Å². The number of anilines is 6. The van der Waals surface area contributed by atoms with E-state index in [0.717, 1.165) is 43.9 Å². The summed E-state index contributed by atoms with van der Waals surface area (Å²) in [7, 11) is 3.50. The van der Waals surface area contributed by atoms with Crippen LogP contribution >= 0.6 is 22.7 Å². The molecule has 0 saturated heterocycles. The Balaban J connectivity index is 0.000000150. The van der Waals surface area contributed by atoms with Crippen molar-refractivity contribution in [2.75, 3.05) is 33.7 Å². The molecule has 2 atom stereocenters. The lowest BCUT2D eigenvalue weighted by molar-refractivity contribution is -0.120. The third-order valence-electron chi connectivity index (χ3n) is 9.88. The Hall–Kier alpha value is -7.20. The van der Waals surface area contributed by atoms with Crippen LogP contribution in [0.2, 0.25) is 0 Å². The molecule has 2 amide bonds. The first kappa shape index (κ1) is 36.4. The molecule has 2 aliphatic rings. The van der Waals surface area contributed by atoms with E-state index < -0.39 is 0 Å². The van der Waals surface area contributed by atoms with Gasteiger partial charge in [-0.15, -0.1) is 22.7 Å². The molecule has 292 valence electrons. The van der Waals surface area contributed by atoms with E-state index in [-0.39, 0.29) is 23.9 Å². The molecule has 0 spiro atoms. The summed E-state index contributed by atoms with van der Waals surface area (Å²) in [6.45, 7) is 3.96. The summed E-state index contributed by atoms with van der Waals surface area (Å²) in [6, 6.07) is -0.758. The van der Waals surface area contributed by atoms with Gasteiger partial charge in [-0.25, -0.2) is 29.9 Å². The summed E-state index contributed by atoms with van der Waals surface area (Å²) < 4.78 is 0. The number of nitrogens with zero attached hydrogens (tertiary/aromatic N) is 14. The smallest absolute Gasteiger partial charge is 0.250 e. The highest BCUT2D eigenvalue weighted by atomic mass is 32.1. The Morgan fingerprint density at radius 1 is 0.603 bits per heavy atom. The SMILES string of the molecule is CC[C@@H]1C(=O)N(C)c2cnc(-c3cn[nH]c3-c3nccs3)nc2N1c1cn[nH]c1.CC[C@H]1C(=O)N(C)c2cnc(-c3cn[nH]c3-c3nccs3)nc2N1c1cn[nH]c1. The molecule has 0 saturated carbocycles. The summed E-state index contributed by atoms with van der Waals surface area (Å²) in [5.41, 5.74) is 5.87. The number of H-pyrrole nitrogens is 4. The van der Waals surface area contributed by atoms with E-state index in [9.17, 15) is 9.59 Å². The predicted molar refractivity (Wildman–Crippen MR) is 218 cm³/mol. The second-order valence-corrected chi connectivity index (χ2v) is 14.9. The zero-order valence-corrected chi connectivity index (χ0v) is 33.0. The van der Waals surface area contributed by atoms with Crippen LogP contribution < -0.4 is 19.6 Å². The zero-order valence-electron chi connectivity index (χ0n) is 31.4. The van der Waals surface area contributed by atoms with Crippen molar-refractivity contribution in [3.8, 4) is 44.2 Å². The van der Waals surface area contributed by atoms with Crippen molar-refractivity contribution in [3.05, 3.63) is 72.7 Å². The Labute approximate surface area is 337 Å². The fourth-order valence-corrected chi connectivity index (χ4v) is 8.31. The molecular weight excluding hydrogens is 781 g/mol. The van der Waals surface area contributed by atoms with Gasteiger partial charge >= 0.3 is 0 Å². The Morgan fingerprint density at radius 3 is 1.41 bits per heavy atom. The van der Waals surface area contributed by atoms with Crippen LogP contribution in [0.1, 0.15) is 26.7 Å². The molecule has 0 unspecified atom stereocenters. The highest BCUT2D eigenvalue weighted by Crippen LogP contribution is 2.42. The molecule has 8 aromatic rings. The first-order valence-corrected chi connectivity index (χ1v) is 19.9. The van der Waals surface area contributed by atoms with Crippen LogP contribution in [0.3, 0.4) is 0 Å². The molecule has 8 aromatic heterocycles. The molecular formula is C36H34N18O2S2. The van der Waals surface area contributed by atoms with Crippen LogP contribution in [0.15, 0.2) is 72.7 Å². The fraction of sp³-hybridized carbons (Fsp3) is 0.222. The molecule has 4 N–H and O–H groups in total. The Morgan fingerprint density at radius 2 is 1.05 bits per heavy atom. The highest BCUT2D eigenvalue weighted by molar-refractivity contribution is 7.13. The van der Waals surface area contributed by atoms with Crippen molar-refractivity contribution in [1.29, 1.82) is 0 Å². The summed E-state index contributed by atoms with van der Waals surface area (Å²) in [5.74, 6) is 2.30. The molecule has 0 radical (unpaired) electrons. The van der Waals surface area contributed by atoms with E-state index >= 15 is 0 Å². The van der Waals surface area contributed by atoms with Gasteiger partial charge in [0.15, 0.2) is 23.3 Å². The Bertz CT molecular complexity index is 2490. The van der Waals surface area contributed by atoms with E-state index in [1.165, 1.54) is 22.7 Å². The topological polar surface area (TPSA) is 239 Å². The van der Waals surface area contributed by atoms with Gasteiger partial charge in [0.25, 0.3) is 0 Å². The average molecular weight is 815 g/mol. The van der Waals surface area contributed by atoms with Gasteiger partial charge in [0, 0.05) is 49.6 Å². The minimum Gasteiger partial charge on any atom is -0.309 e. The van der Waals surface area contributed by atoms with Crippen LogP contribution in [0.25, 0.3) is 44.2 Å². The maximum atomic E-state index is 12.9. The number of aromatic nitrogens is 14. The average Bonchev–Trinajstić information content (AvgIpc) is 4.09. The van der Waals surface area contributed by atoms with Crippen LogP contribution in [0, 0.1) is 0 Å². The zero-order chi connectivity index (χ0) is 39.9. The highest BCUT2D eigenvalue weighted by Gasteiger charge is 2.40. The number of rotatable bonds is 8. The van der Waals surface area contributed by atoms with Gasteiger partial charge in [-0.3, -0.25) is 30.0 Å². The van der Waals surface area contributed by atoms with Gasteiger partial charge in [-0.2, -0.15) is 20.4 Å². The molecule has 10 rings (SSSR count). The van der Waals surface area contributed by atoms with E-state index in [1.54, 1.807) is 85.9 Å². The summed E-state index contributed by atoms with van der Waals surface area (Å²) in [4.78, 5) is 60.3. The van der Waals surface area contributed by atoms with Gasteiger partial charge in [0.1, 0.15) is 44.9 Å². The summed E-state index contributed by atoms with van der Waals surface area (Å²) in [5, 5.41) is 33.4. The van der Waals surface area contributed by atoms with E-state index in [1.807, 2.05) is 34.4 Å². The number of nitrogens with one attached hydrogen (secondary N) is 4. The van der Waals surface area contributed by atoms with Crippen molar-refractivity contribution < 1.29 is 9.59 Å². The van der Waals surface area contributed by atoms with E-state index in [4.69, 9.17) is 9.97 Å². The fourth-order valence-electron chi connectivity index (χ4n) is 7.02. The summed E-state index contributed by atoms with van der Waals surface area (Å²) >= 11 is 3.02. The molecule has 0 aromatic carbocycles. The van der Waals surface area contributed by atoms with Gasteiger partial charge in [-0.1, -0.05) is 13.8 Å². The quantitative estimate of drug-likeness (QED) is 0.154. The van der Waals surface area contributed by atoms with Crippen molar-refractivity contribution in [2.24, 2.45) is 0 Å². The van der Waals surface area contributed by atoms with Gasteiger partial charge in [0.2, 0.25) is 11.8 Å². The maximum Gasteiger partial charge on any atom is 0.250 e. The van der Waals surface area contributed by atoms with Crippen LogP contribution in [0.4, 0.5) is 34.4 Å². The number of carbonyl (C=O) groups excluding carboxylic acids is 2. The molecule has 20 nitrogen and oxygen atoms in total. The van der Waals surface area contributed by atoms with Crippen LogP contribution in [0.5, 0.6) is 0 Å². The number of aromatic amines is 4.